The van der Waals surface area contributed by atoms with Crippen molar-refractivity contribution in [1.29, 1.82) is 0 Å². The molecule has 1 aliphatic heterocycles. The zero-order valence-electron chi connectivity index (χ0n) is 12.3. The molecule has 0 atom stereocenters. The lowest BCUT2D eigenvalue weighted by Gasteiger charge is -2.13. The van der Waals surface area contributed by atoms with Crippen molar-refractivity contribution in [1.82, 2.24) is 9.88 Å². The Labute approximate surface area is 146 Å². The van der Waals surface area contributed by atoms with Gasteiger partial charge in [-0.05, 0) is 43.5 Å². The Balaban J connectivity index is 0.00000176. The number of imide groups is 1. The van der Waals surface area contributed by atoms with Crippen LogP contribution in [0.15, 0.2) is 42.6 Å². The molecule has 0 saturated heterocycles. The molecule has 0 spiro atoms. The summed E-state index contributed by atoms with van der Waals surface area (Å²) in [4.78, 5) is 30.0. The van der Waals surface area contributed by atoms with Gasteiger partial charge >= 0.3 is 0 Å². The minimum Gasteiger partial charge on any atom is -0.274 e. The predicted molar refractivity (Wildman–Crippen MR) is 94.5 cm³/mol. The van der Waals surface area contributed by atoms with E-state index in [1.165, 1.54) is 4.90 Å². The molecule has 3 rings (SSSR count). The molecule has 0 fully saturated rings. The summed E-state index contributed by atoms with van der Waals surface area (Å²) in [6, 6.07) is 10.9. The quantitative estimate of drug-likeness (QED) is 0.577. The van der Waals surface area contributed by atoms with Crippen LogP contribution in [0, 0.1) is 6.92 Å². The van der Waals surface area contributed by atoms with Gasteiger partial charge in [0.05, 0.1) is 11.1 Å². The fraction of sp³-hybridized carbons (Fsp3) is 0.235. The number of hydrogen-bond acceptors (Lipinski definition) is 3. The molecule has 2 aromatic rings. The standard InChI is InChI=1S/C17H16N2O2.HI/c1-12-13(6-4-10-18-12)7-5-11-19-16(20)14-8-2-3-9-15(14)17(19)21;/h2-4,6,8-10H,5,7,11H2,1H3;1H. The SMILES string of the molecule is Cc1ncccc1CCCN1C(=O)c2ccccc2C1=O.I. The minimum absolute atomic E-state index is 0. The fourth-order valence-electron chi connectivity index (χ4n) is 2.65. The van der Waals surface area contributed by atoms with Crippen LogP contribution in [0.25, 0.3) is 0 Å². The van der Waals surface area contributed by atoms with Crippen molar-refractivity contribution >= 4 is 35.8 Å². The van der Waals surface area contributed by atoms with E-state index < -0.39 is 0 Å². The normalized spacial score (nSPS) is 13.0. The summed E-state index contributed by atoms with van der Waals surface area (Å²) in [5.41, 5.74) is 3.19. The Morgan fingerprint density at radius 2 is 1.64 bits per heavy atom. The van der Waals surface area contributed by atoms with Crippen molar-refractivity contribution in [3.8, 4) is 0 Å². The van der Waals surface area contributed by atoms with E-state index in [0.717, 1.165) is 24.1 Å². The molecule has 2 amide bonds. The Hall–Kier alpha value is -1.76. The summed E-state index contributed by atoms with van der Waals surface area (Å²) in [6.07, 6.45) is 3.33. The average Bonchev–Trinajstić information content (AvgIpc) is 2.74. The van der Waals surface area contributed by atoms with Gasteiger partial charge in [-0.1, -0.05) is 18.2 Å². The minimum atomic E-state index is -0.182. The van der Waals surface area contributed by atoms with Crippen LogP contribution >= 0.6 is 24.0 Å². The summed E-state index contributed by atoms with van der Waals surface area (Å²) < 4.78 is 0. The van der Waals surface area contributed by atoms with Gasteiger partial charge in [-0.2, -0.15) is 0 Å². The molecule has 0 unspecified atom stereocenters. The molecule has 0 N–H and O–H groups in total. The fourth-order valence-corrected chi connectivity index (χ4v) is 2.65. The van der Waals surface area contributed by atoms with Gasteiger partial charge in [-0.3, -0.25) is 19.5 Å². The van der Waals surface area contributed by atoms with Crippen molar-refractivity contribution < 1.29 is 9.59 Å². The van der Waals surface area contributed by atoms with Crippen LogP contribution in [0.2, 0.25) is 0 Å². The van der Waals surface area contributed by atoms with Crippen LogP contribution in [0.5, 0.6) is 0 Å². The van der Waals surface area contributed by atoms with E-state index in [1.54, 1.807) is 30.5 Å². The van der Waals surface area contributed by atoms with Gasteiger partial charge in [-0.15, -0.1) is 24.0 Å². The maximum atomic E-state index is 12.2. The van der Waals surface area contributed by atoms with Gasteiger partial charge in [-0.25, -0.2) is 0 Å². The number of hydrogen-bond donors (Lipinski definition) is 0. The van der Waals surface area contributed by atoms with Crippen LogP contribution in [0.3, 0.4) is 0 Å². The first-order valence-electron chi connectivity index (χ1n) is 7.04. The third-order valence-corrected chi connectivity index (χ3v) is 3.82. The first kappa shape index (κ1) is 16.6. The van der Waals surface area contributed by atoms with E-state index in [1.807, 2.05) is 19.1 Å². The van der Waals surface area contributed by atoms with Crippen molar-refractivity contribution in [2.45, 2.75) is 19.8 Å². The van der Waals surface area contributed by atoms with E-state index in [2.05, 4.69) is 4.98 Å². The lowest BCUT2D eigenvalue weighted by molar-refractivity contribution is 0.0652. The van der Waals surface area contributed by atoms with Crippen LogP contribution < -0.4 is 0 Å². The number of carbonyl (C=O) groups is 2. The Bertz CT molecular complexity index is 680. The maximum absolute atomic E-state index is 12.2. The number of carbonyl (C=O) groups excluding carboxylic acids is 2. The van der Waals surface area contributed by atoms with E-state index in [-0.39, 0.29) is 35.8 Å². The number of aromatic nitrogens is 1. The van der Waals surface area contributed by atoms with E-state index in [4.69, 9.17) is 0 Å². The molecule has 1 aliphatic rings. The van der Waals surface area contributed by atoms with Crippen molar-refractivity contribution in [3.05, 3.63) is 65.0 Å². The van der Waals surface area contributed by atoms with Gasteiger partial charge in [0.1, 0.15) is 0 Å². The molecule has 114 valence electrons. The Morgan fingerprint density at radius 3 is 2.23 bits per heavy atom. The third kappa shape index (κ3) is 3.04. The highest BCUT2D eigenvalue weighted by molar-refractivity contribution is 14.0. The van der Waals surface area contributed by atoms with Crippen LogP contribution in [0.4, 0.5) is 0 Å². The van der Waals surface area contributed by atoms with Crippen LogP contribution in [-0.2, 0) is 6.42 Å². The highest BCUT2D eigenvalue weighted by atomic mass is 127. The zero-order valence-corrected chi connectivity index (χ0v) is 14.6. The van der Waals surface area contributed by atoms with Gasteiger partial charge in [0.25, 0.3) is 11.8 Å². The smallest absolute Gasteiger partial charge is 0.261 e. The lowest BCUT2D eigenvalue weighted by Crippen LogP contribution is -2.31. The first-order chi connectivity index (χ1) is 10.2. The molecule has 1 aromatic heterocycles. The van der Waals surface area contributed by atoms with Gasteiger partial charge in [0.15, 0.2) is 0 Å². The van der Waals surface area contributed by atoms with Gasteiger partial charge in [0, 0.05) is 18.4 Å². The number of halogens is 1. The summed E-state index contributed by atoms with van der Waals surface area (Å²) >= 11 is 0. The number of rotatable bonds is 4. The van der Waals surface area contributed by atoms with E-state index in [9.17, 15) is 9.59 Å². The summed E-state index contributed by atoms with van der Waals surface area (Å²) in [6.45, 7) is 2.41. The average molecular weight is 408 g/mol. The highest BCUT2D eigenvalue weighted by Crippen LogP contribution is 2.22. The number of fused-ring (bicyclic) bond motifs is 1. The van der Waals surface area contributed by atoms with Crippen LogP contribution in [-0.4, -0.2) is 28.2 Å². The number of nitrogens with zero attached hydrogens (tertiary/aromatic N) is 2. The topological polar surface area (TPSA) is 50.3 Å². The molecule has 22 heavy (non-hydrogen) atoms. The highest BCUT2D eigenvalue weighted by Gasteiger charge is 2.34. The Morgan fingerprint density at radius 1 is 1.00 bits per heavy atom. The van der Waals surface area contributed by atoms with Gasteiger partial charge < -0.3 is 0 Å². The molecule has 5 heteroatoms. The molecule has 4 nitrogen and oxygen atoms in total. The number of aryl methyl sites for hydroxylation is 2. The lowest BCUT2D eigenvalue weighted by atomic mass is 10.1. The third-order valence-electron chi connectivity index (χ3n) is 3.82. The molecule has 0 bridgehead atoms. The van der Waals surface area contributed by atoms with Crippen molar-refractivity contribution in [2.24, 2.45) is 0 Å². The zero-order chi connectivity index (χ0) is 14.8. The number of amides is 2. The largest absolute Gasteiger partial charge is 0.274 e. The molecule has 1 aromatic carbocycles. The molecular weight excluding hydrogens is 391 g/mol. The summed E-state index contributed by atoms with van der Waals surface area (Å²) in [5.74, 6) is -0.364. The van der Waals surface area contributed by atoms with Crippen LogP contribution in [0.1, 0.15) is 38.4 Å². The second kappa shape index (κ2) is 7.00. The van der Waals surface area contributed by atoms with E-state index in [0.29, 0.717) is 17.7 Å². The molecular formula is C17H17IN2O2. The molecule has 2 heterocycles. The number of pyridine rings is 1. The van der Waals surface area contributed by atoms with Crippen molar-refractivity contribution in [2.75, 3.05) is 6.54 Å². The molecule has 0 aliphatic carbocycles. The second-order valence-electron chi connectivity index (χ2n) is 5.16. The van der Waals surface area contributed by atoms with Crippen molar-refractivity contribution in [3.63, 3.8) is 0 Å². The molecule has 0 saturated carbocycles. The maximum Gasteiger partial charge on any atom is 0.261 e. The first-order valence-corrected chi connectivity index (χ1v) is 7.04. The van der Waals surface area contributed by atoms with Gasteiger partial charge in [0.2, 0.25) is 0 Å². The monoisotopic (exact) mass is 408 g/mol. The number of benzene rings is 1. The molecule has 0 radical (unpaired) electrons. The summed E-state index contributed by atoms with van der Waals surface area (Å²) in [5, 5.41) is 0. The van der Waals surface area contributed by atoms with E-state index >= 15 is 0 Å². The predicted octanol–water partition coefficient (Wildman–Crippen LogP) is 3.24. The Kier molecular flexibility index (Phi) is 5.28. The second-order valence-corrected chi connectivity index (χ2v) is 5.16. The summed E-state index contributed by atoms with van der Waals surface area (Å²) in [7, 11) is 0.